The average Bonchev–Trinajstić information content (AvgIpc) is 3.80. The first-order valence-electron chi connectivity index (χ1n) is 21.4. The molecule has 8 rings (SSSR count). The molecule has 3 amide bonds. The maximum absolute atomic E-state index is 16.2. The zero-order valence-corrected chi connectivity index (χ0v) is 35.6. The van der Waals surface area contributed by atoms with Crippen LogP contribution in [0.5, 0.6) is 5.75 Å². The third-order valence-corrected chi connectivity index (χ3v) is 12.1. The lowest BCUT2D eigenvalue weighted by Crippen LogP contribution is -2.56. The predicted octanol–water partition coefficient (Wildman–Crippen LogP) is 5.09. The van der Waals surface area contributed by atoms with Gasteiger partial charge in [0.1, 0.15) is 36.5 Å². The number of imide groups is 1. The summed E-state index contributed by atoms with van der Waals surface area (Å²) < 4.78 is 23.0. The predicted molar refractivity (Wildman–Crippen MR) is 237 cm³/mol. The van der Waals surface area contributed by atoms with E-state index in [2.05, 4.69) is 17.2 Å². The number of carbonyl (C=O) groups excluding carboxylic acids is 4. The van der Waals surface area contributed by atoms with Gasteiger partial charge in [0.05, 0.1) is 49.6 Å². The molecule has 14 heteroatoms. The van der Waals surface area contributed by atoms with Gasteiger partial charge in [-0.1, -0.05) is 115 Å². The molecule has 7 atom stereocenters. The largest absolute Gasteiger partial charge is 0.491 e. The molecule has 0 radical (unpaired) electrons. The van der Waals surface area contributed by atoms with E-state index in [9.17, 15) is 20.1 Å². The van der Waals surface area contributed by atoms with E-state index >= 15 is 14.4 Å². The van der Waals surface area contributed by atoms with E-state index in [0.29, 0.717) is 33.6 Å². The number of rotatable bonds is 14. The number of aliphatic hydroxyl groups is 3. The number of ether oxygens (including phenoxy) is 4. The van der Waals surface area contributed by atoms with Crippen molar-refractivity contribution in [2.75, 3.05) is 51.6 Å². The number of aliphatic hydroxyl groups excluding tert-OH is 3. The number of nitrogens with zero attached hydrogens (tertiary/aromatic N) is 2. The standard InChI is InChI=1S/C51H49N3O11/c1-62-29-30-64-50(61)53-40-25-20-33(13-11-12-26-55)31-39(40)51(49(53)60)42(47(58)52-32-41(57)34-14-5-2-6-15-34)44-48(59)65-45(36-18-9-4-10-19-36)43(35-16-7-3-8-17-35)54(44)46(51)37-21-23-38(24-22-37)63-28-27-56/h2-10,14-25,31,41-46,55-57H,12,26-30,32H2,1H3,(H,52,58)/t41-,42-,43-,44-,45+,46+,51-/m0/s1. The maximum Gasteiger partial charge on any atom is 0.421 e. The van der Waals surface area contributed by atoms with E-state index in [0.717, 1.165) is 4.90 Å². The lowest BCUT2D eigenvalue weighted by molar-refractivity contribution is -0.178. The fourth-order valence-corrected chi connectivity index (χ4v) is 9.47. The molecule has 334 valence electrons. The van der Waals surface area contributed by atoms with Gasteiger partial charge in [-0.2, -0.15) is 0 Å². The summed E-state index contributed by atoms with van der Waals surface area (Å²) in [5.74, 6) is 2.41. The van der Waals surface area contributed by atoms with E-state index in [-0.39, 0.29) is 57.3 Å². The number of benzene rings is 5. The van der Waals surface area contributed by atoms with Crippen molar-refractivity contribution < 1.29 is 53.4 Å². The molecule has 2 fully saturated rings. The van der Waals surface area contributed by atoms with E-state index in [1.54, 1.807) is 72.8 Å². The van der Waals surface area contributed by atoms with Gasteiger partial charge in [-0.05, 0) is 58.1 Å². The topological polar surface area (TPSA) is 184 Å². The van der Waals surface area contributed by atoms with E-state index in [1.807, 2.05) is 65.6 Å². The number of amides is 3. The Morgan fingerprint density at radius 2 is 1.48 bits per heavy atom. The second kappa shape index (κ2) is 19.9. The second-order valence-corrected chi connectivity index (χ2v) is 15.8. The quantitative estimate of drug-likeness (QED) is 0.0660. The van der Waals surface area contributed by atoms with E-state index < -0.39 is 65.5 Å². The van der Waals surface area contributed by atoms with Crippen molar-refractivity contribution in [1.82, 2.24) is 10.2 Å². The highest BCUT2D eigenvalue weighted by Crippen LogP contribution is 2.66. The number of methoxy groups -OCH3 is 1. The van der Waals surface area contributed by atoms with Crippen LogP contribution in [0.2, 0.25) is 0 Å². The van der Waals surface area contributed by atoms with Crippen LogP contribution in [0.25, 0.3) is 0 Å². The van der Waals surface area contributed by atoms with Crippen LogP contribution in [0, 0.1) is 17.8 Å². The molecule has 3 aliphatic heterocycles. The summed E-state index contributed by atoms with van der Waals surface area (Å²) in [6.07, 6.45) is -2.98. The highest BCUT2D eigenvalue weighted by atomic mass is 16.6. The Balaban J connectivity index is 1.42. The van der Waals surface area contributed by atoms with Crippen molar-refractivity contribution in [3.8, 4) is 17.6 Å². The smallest absolute Gasteiger partial charge is 0.421 e. The molecular weight excluding hydrogens is 831 g/mol. The normalized spacial score (nSPS) is 22.6. The van der Waals surface area contributed by atoms with Gasteiger partial charge in [0.2, 0.25) is 11.8 Å². The second-order valence-electron chi connectivity index (χ2n) is 15.8. The van der Waals surface area contributed by atoms with Crippen LogP contribution in [0.3, 0.4) is 0 Å². The van der Waals surface area contributed by atoms with Gasteiger partial charge in [0, 0.05) is 25.6 Å². The minimum absolute atomic E-state index is 0.0186. The van der Waals surface area contributed by atoms with Crippen LogP contribution in [-0.2, 0) is 34.0 Å². The number of morpholine rings is 1. The molecule has 14 nitrogen and oxygen atoms in total. The number of hydrogen-bond acceptors (Lipinski definition) is 12. The van der Waals surface area contributed by atoms with Crippen LogP contribution >= 0.6 is 0 Å². The van der Waals surface area contributed by atoms with Crippen molar-refractivity contribution in [1.29, 1.82) is 0 Å². The molecule has 65 heavy (non-hydrogen) atoms. The average molecular weight is 880 g/mol. The monoisotopic (exact) mass is 879 g/mol. The van der Waals surface area contributed by atoms with Gasteiger partial charge in [-0.3, -0.25) is 19.3 Å². The molecule has 0 bridgehead atoms. The van der Waals surface area contributed by atoms with Gasteiger partial charge < -0.3 is 39.6 Å². The van der Waals surface area contributed by atoms with Crippen molar-refractivity contribution >= 4 is 29.6 Å². The Hall–Kier alpha value is -6.86. The number of fused-ring (bicyclic) bond motifs is 3. The van der Waals surface area contributed by atoms with E-state index in [1.165, 1.54) is 7.11 Å². The number of carbonyl (C=O) groups is 4. The van der Waals surface area contributed by atoms with Crippen LogP contribution in [0.4, 0.5) is 10.5 Å². The number of cyclic esters (lactones) is 1. The molecule has 5 aromatic carbocycles. The van der Waals surface area contributed by atoms with E-state index in [4.69, 9.17) is 18.9 Å². The third-order valence-electron chi connectivity index (χ3n) is 12.1. The number of nitrogens with one attached hydrogen (secondary N) is 1. The Kier molecular flexibility index (Phi) is 13.7. The first kappa shape index (κ1) is 44.7. The molecule has 2 saturated heterocycles. The summed E-state index contributed by atoms with van der Waals surface area (Å²) in [6.45, 7) is -0.849. The van der Waals surface area contributed by atoms with Gasteiger partial charge in [0.25, 0.3) is 0 Å². The molecule has 4 N–H and O–H groups in total. The van der Waals surface area contributed by atoms with Crippen LogP contribution in [0.1, 0.15) is 64.1 Å². The minimum atomic E-state index is -2.10. The lowest BCUT2D eigenvalue weighted by atomic mass is 9.65. The molecule has 3 heterocycles. The molecule has 5 aromatic rings. The SMILES string of the molecule is COCCOC(=O)N1C(=O)[C@@]2(c3cc(C#CCCO)ccc31)[C@H](C(=O)NC[C@H](O)c1ccccc1)[C@H]1C(=O)O[C@H](c3ccccc3)[C@H](c3ccccc3)N1[C@@H]2c1ccc(OCCO)cc1. The Morgan fingerprint density at radius 3 is 2.14 bits per heavy atom. The summed E-state index contributed by atoms with van der Waals surface area (Å²) in [7, 11) is 1.45. The van der Waals surface area contributed by atoms with Gasteiger partial charge in [0.15, 0.2) is 0 Å². The maximum atomic E-state index is 16.2. The Labute approximate surface area is 376 Å². The van der Waals surface area contributed by atoms with Crippen LogP contribution < -0.4 is 15.0 Å². The molecule has 0 unspecified atom stereocenters. The summed E-state index contributed by atoms with van der Waals surface area (Å²) in [4.78, 5) is 64.2. The fraction of sp³-hybridized carbons (Fsp3) is 0.294. The van der Waals surface area contributed by atoms with Crippen molar-refractivity contribution in [2.45, 2.75) is 42.2 Å². The molecular formula is C51H49N3O11. The van der Waals surface area contributed by atoms with Crippen molar-refractivity contribution in [3.63, 3.8) is 0 Å². The molecule has 0 saturated carbocycles. The first-order chi connectivity index (χ1) is 31.7. The van der Waals surface area contributed by atoms with Crippen LogP contribution in [0.15, 0.2) is 133 Å². The van der Waals surface area contributed by atoms with Crippen LogP contribution in [-0.4, -0.2) is 96.8 Å². The summed E-state index contributed by atoms with van der Waals surface area (Å²) in [5, 5.41) is 33.4. The Bertz CT molecular complexity index is 2550. The minimum Gasteiger partial charge on any atom is -0.491 e. The zero-order valence-electron chi connectivity index (χ0n) is 35.6. The number of hydrogen-bond donors (Lipinski definition) is 4. The highest BCUT2D eigenvalue weighted by molar-refractivity contribution is 6.23. The number of anilines is 1. The Morgan fingerprint density at radius 1 is 0.800 bits per heavy atom. The lowest BCUT2D eigenvalue weighted by Gasteiger charge is -2.46. The van der Waals surface area contributed by atoms with Gasteiger partial charge >= 0.3 is 12.1 Å². The molecule has 3 aliphatic rings. The molecule has 0 aliphatic carbocycles. The fourth-order valence-electron chi connectivity index (χ4n) is 9.47. The van der Waals surface area contributed by atoms with Crippen molar-refractivity contribution in [3.05, 3.63) is 167 Å². The summed E-state index contributed by atoms with van der Waals surface area (Å²) >= 11 is 0. The van der Waals surface area contributed by atoms with Gasteiger partial charge in [-0.15, -0.1) is 0 Å². The number of esters is 1. The molecule has 1 spiro atoms. The zero-order chi connectivity index (χ0) is 45.5. The summed E-state index contributed by atoms with van der Waals surface area (Å²) in [6, 6.07) is 35.6. The summed E-state index contributed by atoms with van der Waals surface area (Å²) in [5.41, 5.74) is 1.05. The third kappa shape index (κ3) is 8.48. The first-order valence-corrected chi connectivity index (χ1v) is 21.4. The molecule has 0 aromatic heterocycles. The van der Waals surface area contributed by atoms with Crippen molar-refractivity contribution in [2.24, 2.45) is 5.92 Å². The van der Waals surface area contributed by atoms with Gasteiger partial charge in [-0.25, -0.2) is 9.69 Å². The highest BCUT2D eigenvalue weighted by Gasteiger charge is 2.75.